The summed E-state index contributed by atoms with van der Waals surface area (Å²) in [6.07, 6.45) is 0.988. The predicted molar refractivity (Wildman–Crippen MR) is 115 cm³/mol. The van der Waals surface area contributed by atoms with Crippen molar-refractivity contribution in [2.75, 3.05) is 0 Å². The van der Waals surface area contributed by atoms with Crippen LogP contribution in [0, 0.1) is 0 Å². The van der Waals surface area contributed by atoms with Gasteiger partial charge in [0.05, 0.1) is 11.3 Å². The highest BCUT2D eigenvalue weighted by Gasteiger charge is 2.22. The van der Waals surface area contributed by atoms with Crippen molar-refractivity contribution in [2.45, 2.75) is 50.2 Å². The number of thioether (sulfide) groups is 1. The highest BCUT2D eigenvalue weighted by molar-refractivity contribution is 8.00. The zero-order chi connectivity index (χ0) is 20.8. The van der Waals surface area contributed by atoms with Crippen LogP contribution in [-0.4, -0.2) is 25.9 Å². The molecule has 0 spiro atoms. The van der Waals surface area contributed by atoms with Crippen molar-refractivity contribution in [3.63, 3.8) is 0 Å². The third-order valence-corrected chi connectivity index (χ3v) is 5.86. The topological polar surface area (TPSA) is 83.0 Å². The van der Waals surface area contributed by atoms with Crippen LogP contribution in [0.4, 0.5) is 0 Å². The minimum atomic E-state index is -0.406. The van der Waals surface area contributed by atoms with Crippen molar-refractivity contribution in [3.05, 3.63) is 71.5 Å². The number of nitrogens with zero attached hydrogens (tertiary/aromatic N) is 3. The molecule has 3 rings (SSSR count). The molecule has 0 radical (unpaired) electrons. The van der Waals surface area contributed by atoms with E-state index in [0.717, 1.165) is 17.7 Å². The minimum Gasteiger partial charge on any atom is -0.486 e. The highest BCUT2D eigenvalue weighted by Crippen LogP contribution is 2.29. The monoisotopic (exact) mass is 410 g/mol. The average Bonchev–Trinajstić information content (AvgIpc) is 3.14. The molecule has 6 nitrogen and oxygen atoms in total. The standard InChI is InChI=1S/C22H26N4O2S/c1-4-17-10-12-19(13-11-17)28-14-20-24-25-22(29-16(3)21(23)27)26(20)15(2)18-8-6-5-7-9-18/h5-13,15-16H,4,14H2,1-3H3,(H2,23,27)/t15-,16-/m0/s1. The van der Waals surface area contributed by atoms with Gasteiger partial charge in [0.2, 0.25) is 5.91 Å². The van der Waals surface area contributed by atoms with E-state index in [1.807, 2.05) is 34.9 Å². The molecule has 2 aromatic carbocycles. The zero-order valence-electron chi connectivity index (χ0n) is 16.9. The summed E-state index contributed by atoms with van der Waals surface area (Å²) in [5.74, 6) is 1.09. The summed E-state index contributed by atoms with van der Waals surface area (Å²) < 4.78 is 7.97. The first-order valence-corrected chi connectivity index (χ1v) is 10.5. The quantitative estimate of drug-likeness (QED) is 0.539. The number of aryl methyl sites for hydroxylation is 1. The average molecular weight is 411 g/mol. The Hall–Kier alpha value is -2.80. The lowest BCUT2D eigenvalue weighted by Gasteiger charge is -2.19. The Morgan fingerprint density at radius 1 is 1.10 bits per heavy atom. The fourth-order valence-corrected chi connectivity index (χ4v) is 3.84. The molecule has 7 heteroatoms. The number of carbonyl (C=O) groups excluding carboxylic acids is 1. The van der Waals surface area contributed by atoms with Gasteiger partial charge in [-0.25, -0.2) is 0 Å². The molecule has 0 fully saturated rings. The van der Waals surface area contributed by atoms with Crippen LogP contribution in [0.5, 0.6) is 5.75 Å². The molecule has 0 aliphatic carbocycles. The summed E-state index contributed by atoms with van der Waals surface area (Å²) in [7, 11) is 0. The van der Waals surface area contributed by atoms with Crippen molar-refractivity contribution < 1.29 is 9.53 Å². The van der Waals surface area contributed by atoms with Gasteiger partial charge in [0, 0.05) is 0 Å². The number of nitrogens with two attached hydrogens (primary N) is 1. The van der Waals surface area contributed by atoms with E-state index in [1.54, 1.807) is 6.92 Å². The molecule has 0 unspecified atom stereocenters. The third kappa shape index (κ3) is 5.17. The summed E-state index contributed by atoms with van der Waals surface area (Å²) in [4.78, 5) is 11.5. The Balaban J connectivity index is 1.86. The van der Waals surface area contributed by atoms with Gasteiger partial charge in [-0.15, -0.1) is 10.2 Å². The van der Waals surface area contributed by atoms with Gasteiger partial charge < -0.3 is 10.5 Å². The maximum Gasteiger partial charge on any atom is 0.230 e. The number of rotatable bonds is 9. The number of hydrogen-bond acceptors (Lipinski definition) is 5. The van der Waals surface area contributed by atoms with Gasteiger partial charge in [-0.05, 0) is 43.5 Å². The van der Waals surface area contributed by atoms with Crippen molar-refractivity contribution in [1.82, 2.24) is 14.8 Å². The summed E-state index contributed by atoms with van der Waals surface area (Å²) in [5.41, 5.74) is 7.83. The van der Waals surface area contributed by atoms with Gasteiger partial charge >= 0.3 is 0 Å². The first kappa shape index (κ1) is 20.9. The first-order valence-electron chi connectivity index (χ1n) is 9.66. The van der Waals surface area contributed by atoms with Gasteiger partial charge in [-0.2, -0.15) is 0 Å². The van der Waals surface area contributed by atoms with Crippen LogP contribution in [0.3, 0.4) is 0 Å². The highest BCUT2D eigenvalue weighted by atomic mass is 32.2. The van der Waals surface area contributed by atoms with Crippen LogP contribution in [-0.2, 0) is 17.8 Å². The molecular weight excluding hydrogens is 384 g/mol. The molecule has 1 aromatic heterocycles. The lowest BCUT2D eigenvalue weighted by molar-refractivity contribution is -0.117. The molecule has 2 atom stereocenters. The van der Waals surface area contributed by atoms with Crippen LogP contribution < -0.4 is 10.5 Å². The number of ether oxygens (including phenoxy) is 1. The second kappa shape index (κ2) is 9.60. The van der Waals surface area contributed by atoms with E-state index in [4.69, 9.17) is 10.5 Å². The molecule has 0 bridgehead atoms. The van der Waals surface area contributed by atoms with Crippen molar-refractivity contribution in [3.8, 4) is 5.75 Å². The van der Waals surface area contributed by atoms with E-state index >= 15 is 0 Å². The molecule has 1 heterocycles. The molecule has 29 heavy (non-hydrogen) atoms. The van der Waals surface area contributed by atoms with Crippen molar-refractivity contribution in [1.29, 1.82) is 0 Å². The minimum absolute atomic E-state index is 0.0187. The van der Waals surface area contributed by atoms with E-state index in [-0.39, 0.29) is 18.6 Å². The Bertz CT molecular complexity index is 941. The van der Waals surface area contributed by atoms with Crippen LogP contribution in [0.2, 0.25) is 0 Å². The maximum absolute atomic E-state index is 11.5. The van der Waals surface area contributed by atoms with Crippen LogP contribution >= 0.6 is 11.8 Å². The van der Waals surface area contributed by atoms with E-state index in [1.165, 1.54) is 17.3 Å². The smallest absolute Gasteiger partial charge is 0.230 e. The molecule has 3 aromatic rings. The number of carbonyl (C=O) groups is 1. The Morgan fingerprint density at radius 3 is 2.41 bits per heavy atom. The Morgan fingerprint density at radius 2 is 1.79 bits per heavy atom. The molecule has 0 saturated heterocycles. The molecule has 0 aliphatic heterocycles. The Labute approximate surface area is 175 Å². The first-order chi connectivity index (χ1) is 14.0. The van der Waals surface area contributed by atoms with E-state index in [9.17, 15) is 4.79 Å². The number of aromatic nitrogens is 3. The predicted octanol–water partition coefficient (Wildman–Crippen LogP) is 3.99. The molecule has 152 valence electrons. The number of amides is 1. The fourth-order valence-electron chi connectivity index (χ4n) is 2.94. The number of primary amides is 1. The molecular formula is C22H26N4O2S. The summed E-state index contributed by atoms with van der Waals surface area (Å²) in [5, 5.41) is 8.89. The molecule has 2 N–H and O–H groups in total. The summed E-state index contributed by atoms with van der Waals surface area (Å²) in [6, 6.07) is 18.1. The van der Waals surface area contributed by atoms with Crippen molar-refractivity contribution >= 4 is 17.7 Å². The van der Waals surface area contributed by atoms with Crippen LogP contribution in [0.15, 0.2) is 59.8 Å². The largest absolute Gasteiger partial charge is 0.486 e. The maximum atomic E-state index is 11.5. The normalized spacial score (nSPS) is 13.1. The SMILES string of the molecule is CCc1ccc(OCc2nnc(S[C@@H](C)C(N)=O)n2[C@@H](C)c2ccccc2)cc1. The second-order valence-electron chi connectivity index (χ2n) is 6.80. The van der Waals surface area contributed by atoms with Gasteiger partial charge in [-0.1, -0.05) is 61.2 Å². The van der Waals surface area contributed by atoms with Crippen molar-refractivity contribution in [2.24, 2.45) is 5.73 Å². The number of benzene rings is 2. The van der Waals surface area contributed by atoms with Gasteiger partial charge in [0.25, 0.3) is 0 Å². The lowest BCUT2D eigenvalue weighted by Crippen LogP contribution is -2.23. The Kier molecular flexibility index (Phi) is 6.93. The van der Waals surface area contributed by atoms with E-state index < -0.39 is 5.25 Å². The summed E-state index contributed by atoms with van der Waals surface area (Å²) in [6.45, 7) is 6.25. The van der Waals surface area contributed by atoms with Gasteiger partial charge in [0.15, 0.2) is 11.0 Å². The third-order valence-electron chi connectivity index (χ3n) is 4.79. The lowest BCUT2D eigenvalue weighted by atomic mass is 10.1. The van der Waals surface area contributed by atoms with Gasteiger partial charge in [0.1, 0.15) is 12.4 Å². The van der Waals surface area contributed by atoms with Crippen LogP contribution in [0.1, 0.15) is 43.8 Å². The molecule has 0 aliphatic rings. The molecule has 1 amide bonds. The van der Waals surface area contributed by atoms with E-state index in [2.05, 4.69) is 48.3 Å². The zero-order valence-corrected chi connectivity index (χ0v) is 17.7. The second-order valence-corrected chi connectivity index (χ2v) is 8.11. The van der Waals surface area contributed by atoms with E-state index in [0.29, 0.717) is 11.0 Å². The summed E-state index contributed by atoms with van der Waals surface area (Å²) >= 11 is 1.31. The van der Waals surface area contributed by atoms with Crippen LogP contribution in [0.25, 0.3) is 0 Å². The fraction of sp³-hybridized carbons (Fsp3) is 0.318. The van der Waals surface area contributed by atoms with Gasteiger partial charge in [-0.3, -0.25) is 9.36 Å². The number of hydrogen-bond donors (Lipinski definition) is 1. The molecule has 0 saturated carbocycles.